The van der Waals surface area contributed by atoms with E-state index in [0.29, 0.717) is 19.4 Å². The van der Waals surface area contributed by atoms with Gasteiger partial charge in [0, 0.05) is 12.8 Å². The standard InChI is InChI=1S/C71H135NO10/c1-3-5-7-9-11-13-14-15-36-39-43-47-51-55-59-67(76)80-60-56-52-48-44-40-37-34-32-30-28-26-24-22-20-18-16-17-19-21-23-25-27-29-31-33-35-38-42-46-50-54-58-66(75)72-63(64(74)57-53-49-45-41-12-10-8-6-4-2)62-81-71-70(79)69(78)68(77)65(61-73)82-71/h18,20,53,57,63-65,68-71,73-74,77-79H,3-17,19,21-52,54-56,58-62H2,1-2H3,(H,72,75)/b20-18-,57-53+. The van der Waals surface area contributed by atoms with Gasteiger partial charge in [0.15, 0.2) is 6.29 Å². The lowest BCUT2D eigenvalue weighted by molar-refractivity contribution is -0.302. The van der Waals surface area contributed by atoms with Gasteiger partial charge < -0.3 is 45.1 Å². The minimum absolute atomic E-state index is 0.0125. The number of amides is 1. The van der Waals surface area contributed by atoms with Crippen molar-refractivity contribution < 1.29 is 49.3 Å². The number of rotatable bonds is 63. The molecular formula is C71H135NO10. The second-order valence-electron chi connectivity index (χ2n) is 24.9. The lowest BCUT2D eigenvalue weighted by Crippen LogP contribution is -2.60. The first-order chi connectivity index (χ1) is 40.2. The second-order valence-corrected chi connectivity index (χ2v) is 24.9. The maximum Gasteiger partial charge on any atom is 0.305 e. The minimum atomic E-state index is -1.57. The molecular weight excluding hydrogens is 1030 g/mol. The number of nitrogens with one attached hydrogen (secondary N) is 1. The Bertz CT molecular complexity index is 1410. The SMILES string of the molecule is CCCCCCCCC/C=C/C(O)C(COC1OC(CO)C(O)C(O)C1O)NC(=O)CCCCCCCCCCCCCCCCC/C=C\CCCCCCCCCCCCCCOC(=O)CCCCCCCCCCCCCCCC. The number of esters is 1. The maximum absolute atomic E-state index is 13.0. The zero-order chi connectivity index (χ0) is 59.5. The second kappa shape index (κ2) is 60.8. The lowest BCUT2D eigenvalue weighted by atomic mass is 9.99. The molecule has 1 amide bonds. The number of unbranched alkanes of at least 4 members (excludes halogenated alkanes) is 47. The molecule has 7 unspecified atom stereocenters. The van der Waals surface area contributed by atoms with Crippen LogP contribution in [0.4, 0.5) is 0 Å². The fraction of sp³-hybridized carbons (Fsp3) is 0.915. The predicted octanol–water partition coefficient (Wildman–Crippen LogP) is 18.0. The van der Waals surface area contributed by atoms with Crippen molar-refractivity contribution in [1.82, 2.24) is 5.32 Å². The van der Waals surface area contributed by atoms with Crippen molar-refractivity contribution in [2.24, 2.45) is 0 Å². The molecule has 1 rings (SSSR count). The zero-order valence-electron chi connectivity index (χ0n) is 53.7. The van der Waals surface area contributed by atoms with E-state index in [2.05, 4.69) is 31.3 Å². The number of hydrogen-bond donors (Lipinski definition) is 6. The van der Waals surface area contributed by atoms with Gasteiger partial charge in [-0.1, -0.05) is 308 Å². The minimum Gasteiger partial charge on any atom is -0.466 e. The summed E-state index contributed by atoms with van der Waals surface area (Å²) < 4.78 is 16.7. The molecule has 1 aliphatic heterocycles. The molecule has 0 bridgehead atoms. The molecule has 0 spiro atoms. The molecule has 0 aromatic rings. The van der Waals surface area contributed by atoms with Gasteiger partial charge in [-0.25, -0.2) is 0 Å². The third kappa shape index (κ3) is 49.3. The molecule has 11 heteroatoms. The molecule has 0 aliphatic carbocycles. The molecule has 0 radical (unpaired) electrons. The Morgan fingerprint density at radius 1 is 0.439 bits per heavy atom. The van der Waals surface area contributed by atoms with Gasteiger partial charge in [0.1, 0.15) is 24.4 Å². The summed E-state index contributed by atoms with van der Waals surface area (Å²) in [4.78, 5) is 25.1. The number of aliphatic hydroxyl groups is 5. The quantitative estimate of drug-likeness (QED) is 0.0195. The van der Waals surface area contributed by atoms with E-state index in [1.807, 2.05) is 6.08 Å². The predicted molar refractivity (Wildman–Crippen MR) is 343 cm³/mol. The monoisotopic (exact) mass is 1160 g/mol. The summed E-state index contributed by atoms with van der Waals surface area (Å²) in [6.07, 6.45) is 66.2. The van der Waals surface area contributed by atoms with Crippen LogP contribution in [0.2, 0.25) is 0 Å². The number of carbonyl (C=O) groups excluding carboxylic acids is 2. The van der Waals surface area contributed by atoms with E-state index in [1.54, 1.807) is 6.08 Å². The fourth-order valence-electron chi connectivity index (χ4n) is 11.4. The lowest BCUT2D eigenvalue weighted by Gasteiger charge is -2.40. The van der Waals surface area contributed by atoms with E-state index in [4.69, 9.17) is 14.2 Å². The van der Waals surface area contributed by atoms with Crippen LogP contribution >= 0.6 is 0 Å². The highest BCUT2D eigenvalue weighted by atomic mass is 16.7. The summed E-state index contributed by atoms with van der Waals surface area (Å²) >= 11 is 0. The van der Waals surface area contributed by atoms with Crippen LogP contribution in [0.25, 0.3) is 0 Å². The van der Waals surface area contributed by atoms with E-state index < -0.39 is 49.5 Å². The molecule has 0 saturated carbocycles. The fourth-order valence-corrected chi connectivity index (χ4v) is 11.4. The van der Waals surface area contributed by atoms with Crippen molar-refractivity contribution >= 4 is 11.9 Å². The average Bonchev–Trinajstić information content (AvgIpc) is 3.58. The Morgan fingerprint density at radius 2 is 0.780 bits per heavy atom. The van der Waals surface area contributed by atoms with Crippen LogP contribution < -0.4 is 5.32 Å². The topological polar surface area (TPSA) is 175 Å². The molecule has 6 N–H and O–H groups in total. The number of aliphatic hydroxyl groups excluding tert-OH is 5. The summed E-state index contributed by atoms with van der Waals surface area (Å²) in [6.45, 7) is 4.35. The van der Waals surface area contributed by atoms with E-state index in [0.717, 1.165) is 51.4 Å². The van der Waals surface area contributed by atoms with Gasteiger partial charge in [-0.2, -0.15) is 0 Å². The number of ether oxygens (including phenoxy) is 3. The highest BCUT2D eigenvalue weighted by Gasteiger charge is 2.44. The van der Waals surface area contributed by atoms with E-state index >= 15 is 0 Å². The molecule has 0 aromatic carbocycles. The van der Waals surface area contributed by atoms with Gasteiger partial charge in [-0.05, 0) is 57.8 Å². The van der Waals surface area contributed by atoms with Crippen LogP contribution in [0.1, 0.15) is 354 Å². The Kier molecular flexibility index (Phi) is 58.0. The summed E-state index contributed by atoms with van der Waals surface area (Å²) in [6, 6.07) is -0.806. The molecule has 1 saturated heterocycles. The van der Waals surface area contributed by atoms with Gasteiger partial charge in [0.25, 0.3) is 0 Å². The van der Waals surface area contributed by atoms with Gasteiger partial charge in [-0.15, -0.1) is 0 Å². The van der Waals surface area contributed by atoms with Crippen LogP contribution in [-0.2, 0) is 23.8 Å². The normalized spacial score (nSPS) is 18.3. The van der Waals surface area contributed by atoms with Gasteiger partial charge in [0.2, 0.25) is 5.91 Å². The van der Waals surface area contributed by atoms with Gasteiger partial charge in [-0.3, -0.25) is 9.59 Å². The van der Waals surface area contributed by atoms with Crippen molar-refractivity contribution in [3.05, 3.63) is 24.3 Å². The van der Waals surface area contributed by atoms with Crippen LogP contribution in [0.3, 0.4) is 0 Å². The van der Waals surface area contributed by atoms with Gasteiger partial charge >= 0.3 is 5.97 Å². The van der Waals surface area contributed by atoms with Crippen LogP contribution in [0.15, 0.2) is 24.3 Å². The number of allylic oxidation sites excluding steroid dienone is 3. The highest BCUT2D eigenvalue weighted by molar-refractivity contribution is 5.76. The third-order valence-electron chi connectivity index (χ3n) is 17.1. The molecule has 11 nitrogen and oxygen atoms in total. The van der Waals surface area contributed by atoms with Crippen molar-refractivity contribution in [1.29, 1.82) is 0 Å². The van der Waals surface area contributed by atoms with Crippen molar-refractivity contribution in [2.75, 3.05) is 19.8 Å². The van der Waals surface area contributed by atoms with Crippen LogP contribution in [0, 0.1) is 0 Å². The molecule has 1 heterocycles. The van der Waals surface area contributed by atoms with E-state index in [1.165, 1.54) is 276 Å². The smallest absolute Gasteiger partial charge is 0.305 e. The van der Waals surface area contributed by atoms with Crippen molar-refractivity contribution in [3.8, 4) is 0 Å². The first kappa shape index (κ1) is 78.2. The molecule has 1 fully saturated rings. The van der Waals surface area contributed by atoms with E-state index in [9.17, 15) is 35.1 Å². The number of hydrogen-bond acceptors (Lipinski definition) is 10. The highest BCUT2D eigenvalue weighted by Crippen LogP contribution is 2.23. The molecule has 1 aliphatic rings. The third-order valence-corrected chi connectivity index (χ3v) is 17.1. The Labute approximate surface area is 505 Å². The zero-order valence-corrected chi connectivity index (χ0v) is 53.7. The Balaban J connectivity index is 1.90. The Morgan fingerprint density at radius 3 is 1.17 bits per heavy atom. The molecule has 0 aromatic heterocycles. The molecule has 484 valence electrons. The molecule has 7 atom stereocenters. The van der Waals surface area contributed by atoms with Crippen molar-refractivity contribution in [3.63, 3.8) is 0 Å². The van der Waals surface area contributed by atoms with Crippen LogP contribution in [-0.4, -0.2) is 100 Å². The summed E-state index contributed by atoms with van der Waals surface area (Å²) in [5, 5.41) is 54.3. The first-order valence-corrected chi connectivity index (χ1v) is 35.6. The van der Waals surface area contributed by atoms with Crippen LogP contribution in [0.5, 0.6) is 0 Å². The summed E-state index contributed by atoms with van der Waals surface area (Å²) in [5.41, 5.74) is 0. The summed E-state index contributed by atoms with van der Waals surface area (Å²) in [5.74, 6) is -0.168. The number of carbonyl (C=O) groups is 2. The van der Waals surface area contributed by atoms with Crippen molar-refractivity contribution in [2.45, 2.75) is 397 Å². The van der Waals surface area contributed by atoms with Gasteiger partial charge in [0.05, 0.1) is 32.0 Å². The summed E-state index contributed by atoms with van der Waals surface area (Å²) in [7, 11) is 0. The largest absolute Gasteiger partial charge is 0.466 e. The Hall–Kier alpha value is -1.86. The average molecular weight is 1160 g/mol. The molecule has 82 heavy (non-hydrogen) atoms. The van der Waals surface area contributed by atoms with E-state index in [-0.39, 0.29) is 18.5 Å². The maximum atomic E-state index is 13.0. The first-order valence-electron chi connectivity index (χ1n) is 35.6.